The minimum absolute atomic E-state index is 0. The average molecular weight is 413 g/mol. The summed E-state index contributed by atoms with van der Waals surface area (Å²) in [6.07, 6.45) is 0. The van der Waals surface area contributed by atoms with Crippen LogP contribution in [0.3, 0.4) is 0 Å². The molecule has 0 unspecified atom stereocenters. The Morgan fingerprint density at radius 3 is 2.12 bits per heavy atom. The number of anilines is 1. The van der Waals surface area contributed by atoms with Gasteiger partial charge in [-0.05, 0) is 7.05 Å². The summed E-state index contributed by atoms with van der Waals surface area (Å²) in [5.74, 6) is -0.837. The zero-order valence-corrected chi connectivity index (χ0v) is 16.7. The minimum Gasteiger partial charge on any atom is -0.492 e. The predicted molar refractivity (Wildman–Crippen MR) is 105 cm³/mol. The first-order valence-corrected chi connectivity index (χ1v) is 8.62. The van der Waals surface area contributed by atoms with E-state index in [2.05, 4.69) is 22.2 Å². The maximum Gasteiger partial charge on any atom is 0.153 e. The fourth-order valence-corrected chi connectivity index (χ4v) is 3.18. The molecule has 2 saturated heterocycles. The maximum absolute atomic E-state index is 14.3. The van der Waals surface area contributed by atoms with Gasteiger partial charge in [-0.25, -0.2) is 8.78 Å². The highest BCUT2D eigenvalue weighted by atomic mass is 35.5. The van der Waals surface area contributed by atoms with E-state index in [0.717, 1.165) is 45.8 Å². The zero-order valence-electron chi connectivity index (χ0n) is 15.0. The molecule has 2 fully saturated rings. The average Bonchev–Trinajstić information content (AvgIpc) is 2.57. The molecule has 0 spiro atoms. The molecule has 5 nitrogen and oxygen atoms in total. The van der Waals surface area contributed by atoms with Gasteiger partial charge in [0.1, 0.15) is 18.0 Å². The van der Waals surface area contributed by atoms with Gasteiger partial charge in [0.15, 0.2) is 11.6 Å². The van der Waals surface area contributed by atoms with Crippen LogP contribution in [0.15, 0.2) is 12.1 Å². The molecule has 1 aromatic carbocycles. The lowest BCUT2D eigenvalue weighted by molar-refractivity contribution is 0.133. The number of halogens is 4. The van der Waals surface area contributed by atoms with Gasteiger partial charge in [-0.3, -0.25) is 4.90 Å². The molecule has 9 heteroatoms. The molecular formula is C17H28Cl2F2N4O. The Bertz CT molecular complexity index is 531. The van der Waals surface area contributed by atoms with Crippen molar-refractivity contribution in [1.82, 2.24) is 15.1 Å². The van der Waals surface area contributed by atoms with Gasteiger partial charge < -0.3 is 19.9 Å². The van der Waals surface area contributed by atoms with Crippen molar-refractivity contribution in [1.29, 1.82) is 0 Å². The number of benzene rings is 1. The van der Waals surface area contributed by atoms with Crippen LogP contribution in [0.2, 0.25) is 0 Å². The van der Waals surface area contributed by atoms with Gasteiger partial charge in [0, 0.05) is 71.0 Å². The monoisotopic (exact) mass is 412 g/mol. The van der Waals surface area contributed by atoms with Gasteiger partial charge in [-0.15, -0.1) is 24.8 Å². The highest BCUT2D eigenvalue weighted by Gasteiger charge is 2.20. The number of nitrogens with zero attached hydrogens (tertiary/aromatic N) is 3. The predicted octanol–water partition coefficient (Wildman–Crippen LogP) is 1.84. The van der Waals surface area contributed by atoms with E-state index >= 15 is 0 Å². The first-order valence-electron chi connectivity index (χ1n) is 8.62. The molecule has 150 valence electrons. The van der Waals surface area contributed by atoms with E-state index in [1.165, 1.54) is 12.1 Å². The van der Waals surface area contributed by atoms with Crippen LogP contribution in [0.1, 0.15) is 0 Å². The van der Waals surface area contributed by atoms with Gasteiger partial charge in [0.25, 0.3) is 0 Å². The number of nitrogens with one attached hydrogen (secondary N) is 1. The summed E-state index contributed by atoms with van der Waals surface area (Å²) in [6, 6.07) is 2.59. The van der Waals surface area contributed by atoms with Gasteiger partial charge in [0.2, 0.25) is 0 Å². The van der Waals surface area contributed by atoms with Crippen LogP contribution in [-0.2, 0) is 0 Å². The Morgan fingerprint density at radius 1 is 0.962 bits per heavy atom. The molecule has 0 amide bonds. The second-order valence-electron chi connectivity index (χ2n) is 6.47. The Labute approximate surface area is 166 Å². The summed E-state index contributed by atoms with van der Waals surface area (Å²) in [7, 11) is 2.11. The molecule has 1 N–H and O–H groups in total. The summed E-state index contributed by atoms with van der Waals surface area (Å²) in [5.41, 5.74) is 0.0583. The highest BCUT2D eigenvalue weighted by molar-refractivity contribution is 5.85. The molecule has 0 aromatic heterocycles. The Kier molecular flexibility index (Phi) is 9.89. The van der Waals surface area contributed by atoms with E-state index < -0.39 is 11.6 Å². The van der Waals surface area contributed by atoms with Gasteiger partial charge in [0.05, 0.1) is 0 Å². The van der Waals surface area contributed by atoms with Crippen LogP contribution in [0.4, 0.5) is 14.5 Å². The fraction of sp³-hybridized carbons (Fsp3) is 0.647. The number of rotatable bonds is 5. The molecule has 3 rings (SSSR count). The molecular weight excluding hydrogens is 385 g/mol. The third kappa shape index (κ3) is 6.09. The van der Waals surface area contributed by atoms with Crippen molar-refractivity contribution in [3.05, 3.63) is 23.8 Å². The van der Waals surface area contributed by atoms with Crippen LogP contribution in [-0.4, -0.2) is 82.4 Å². The van der Waals surface area contributed by atoms with E-state index in [4.69, 9.17) is 4.74 Å². The lowest BCUT2D eigenvalue weighted by atomic mass is 10.2. The van der Waals surface area contributed by atoms with Gasteiger partial charge in [-0.1, -0.05) is 0 Å². The van der Waals surface area contributed by atoms with Crippen LogP contribution < -0.4 is 15.0 Å². The summed E-state index contributed by atoms with van der Waals surface area (Å²) >= 11 is 0. The smallest absolute Gasteiger partial charge is 0.153 e. The SMILES string of the molecule is CN1CCN(CCOc2cc(F)c(N3CCNCC3)c(F)c2)CC1.Cl.Cl. The van der Waals surface area contributed by atoms with E-state index in [0.29, 0.717) is 19.7 Å². The molecule has 2 aliphatic rings. The summed E-state index contributed by atoms with van der Waals surface area (Å²) < 4.78 is 34.2. The number of hydrogen-bond acceptors (Lipinski definition) is 5. The Balaban J connectivity index is 0.00000169. The first kappa shape index (κ1) is 23.2. The van der Waals surface area contributed by atoms with Crippen molar-refractivity contribution in [3.63, 3.8) is 0 Å². The minimum atomic E-state index is -0.550. The molecule has 0 saturated carbocycles. The maximum atomic E-state index is 14.3. The second-order valence-corrected chi connectivity index (χ2v) is 6.47. The molecule has 0 bridgehead atoms. The van der Waals surface area contributed by atoms with Gasteiger partial charge >= 0.3 is 0 Å². The van der Waals surface area contributed by atoms with E-state index in [1.807, 2.05) is 0 Å². The number of likely N-dealkylation sites (N-methyl/N-ethyl adjacent to an activating group) is 1. The van der Waals surface area contributed by atoms with E-state index in [9.17, 15) is 8.78 Å². The molecule has 0 aliphatic carbocycles. The normalized spacial score (nSPS) is 18.8. The largest absolute Gasteiger partial charge is 0.492 e. The Morgan fingerprint density at radius 2 is 1.54 bits per heavy atom. The molecule has 0 atom stereocenters. The summed E-state index contributed by atoms with van der Waals surface area (Å²) in [4.78, 5) is 6.34. The quantitative estimate of drug-likeness (QED) is 0.797. The summed E-state index contributed by atoms with van der Waals surface area (Å²) in [6.45, 7) is 8.01. The summed E-state index contributed by atoms with van der Waals surface area (Å²) in [5, 5.41) is 3.18. The second kappa shape index (κ2) is 11.1. The highest BCUT2D eigenvalue weighted by Crippen LogP contribution is 2.28. The van der Waals surface area contributed by atoms with Crippen LogP contribution in [0.25, 0.3) is 0 Å². The first-order chi connectivity index (χ1) is 11.6. The van der Waals surface area contributed by atoms with Crippen LogP contribution >= 0.6 is 24.8 Å². The standard InChI is InChI=1S/C17H26F2N4O.2ClH/c1-21-6-8-22(9-7-21)10-11-24-14-12-15(18)17(16(19)13-14)23-4-2-20-3-5-23;;/h12-13,20H,2-11H2,1H3;2*1H. The van der Waals surface area contributed by atoms with E-state index in [1.54, 1.807) is 4.90 Å². The number of piperazine rings is 2. The van der Waals surface area contributed by atoms with Crippen molar-refractivity contribution < 1.29 is 13.5 Å². The van der Waals surface area contributed by atoms with Crippen LogP contribution in [0.5, 0.6) is 5.75 Å². The van der Waals surface area contributed by atoms with E-state index in [-0.39, 0.29) is 36.3 Å². The van der Waals surface area contributed by atoms with Crippen molar-refractivity contribution in [2.75, 3.05) is 77.5 Å². The van der Waals surface area contributed by atoms with Crippen molar-refractivity contribution >= 4 is 30.5 Å². The third-order valence-electron chi connectivity index (χ3n) is 4.70. The van der Waals surface area contributed by atoms with Crippen molar-refractivity contribution in [3.8, 4) is 5.75 Å². The van der Waals surface area contributed by atoms with Crippen molar-refractivity contribution in [2.24, 2.45) is 0 Å². The lowest BCUT2D eigenvalue weighted by Gasteiger charge is -2.32. The fourth-order valence-electron chi connectivity index (χ4n) is 3.18. The lowest BCUT2D eigenvalue weighted by Crippen LogP contribution is -2.45. The zero-order chi connectivity index (χ0) is 16.9. The molecule has 2 heterocycles. The Hall–Kier alpha value is -0.860. The number of ether oxygens (including phenoxy) is 1. The van der Waals surface area contributed by atoms with Gasteiger partial charge in [-0.2, -0.15) is 0 Å². The third-order valence-corrected chi connectivity index (χ3v) is 4.70. The molecule has 26 heavy (non-hydrogen) atoms. The topological polar surface area (TPSA) is 31.0 Å². The van der Waals surface area contributed by atoms with Crippen LogP contribution in [0, 0.1) is 11.6 Å². The van der Waals surface area contributed by atoms with Crippen molar-refractivity contribution in [2.45, 2.75) is 0 Å². The molecule has 1 aromatic rings. The molecule has 2 aliphatic heterocycles. The number of hydrogen-bond donors (Lipinski definition) is 1. The molecule has 0 radical (unpaired) electrons.